The summed E-state index contributed by atoms with van der Waals surface area (Å²) in [5, 5.41) is 4.21. The van der Waals surface area contributed by atoms with Gasteiger partial charge < -0.3 is 5.73 Å². The van der Waals surface area contributed by atoms with E-state index in [1.54, 1.807) is 12.5 Å². The van der Waals surface area contributed by atoms with E-state index in [9.17, 15) is 0 Å². The van der Waals surface area contributed by atoms with E-state index < -0.39 is 0 Å². The van der Waals surface area contributed by atoms with Gasteiger partial charge >= 0.3 is 0 Å². The molecule has 0 bridgehead atoms. The maximum absolute atomic E-state index is 5.80. The van der Waals surface area contributed by atoms with Crippen molar-refractivity contribution in [2.45, 2.75) is 32.7 Å². The molecule has 0 unspecified atom stereocenters. The van der Waals surface area contributed by atoms with Crippen molar-refractivity contribution in [2.75, 3.05) is 5.73 Å². The van der Waals surface area contributed by atoms with E-state index in [1.807, 2.05) is 16.8 Å². The van der Waals surface area contributed by atoms with Crippen LogP contribution < -0.4 is 5.73 Å². The Bertz CT molecular complexity index is 489. The van der Waals surface area contributed by atoms with E-state index in [0.717, 1.165) is 24.2 Å². The zero-order valence-corrected chi connectivity index (χ0v) is 10.2. The average Bonchev–Trinajstić information content (AvgIpc) is 2.76. The molecule has 2 aromatic rings. The molecule has 0 aliphatic rings. The first-order chi connectivity index (χ1) is 8.18. The second-order valence-corrected chi connectivity index (χ2v) is 4.26. The van der Waals surface area contributed by atoms with Crippen molar-refractivity contribution in [3.05, 3.63) is 36.0 Å². The van der Waals surface area contributed by atoms with Crippen LogP contribution in [0.5, 0.6) is 0 Å². The molecule has 0 aliphatic heterocycles. The first kappa shape index (κ1) is 11.6. The van der Waals surface area contributed by atoms with Crippen molar-refractivity contribution >= 4 is 5.82 Å². The Hall–Kier alpha value is -1.91. The summed E-state index contributed by atoms with van der Waals surface area (Å²) in [7, 11) is 0. The molecule has 5 heteroatoms. The molecule has 0 aliphatic carbocycles. The quantitative estimate of drug-likeness (QED) is 0.868. The molecule has 2 N–H and O–H groups in total. The fourth-order valence-electron chi connectivity index (χ4n) is 1.79. The minimum Gasteiger partial charge on any atom is -0.383 e. The van der Waals surface area contributed by atoms with Crippen LogP contribution in [-0.4, -0.2) is 19.7 Å². The number of aryl methyl sites for hydroxylation is 2. The lowest BCUT2D eigenvalue weighted by atomic mass is 10.1. The number of hydrogen-bond donors (Lipinski definition) is 1. The smallest absolute Gasteiger partial charge is 0.138 e. The van der Waals surface area contributed by atoms with Gasteiger partial charge in [0.25, 0.3) is 0 Å². The van der Waals surface area contributed by atoms with Gasteiger partial charge in [-0.15, -0.1) is 0 Å². The zero-order chi connectivity index (χ0) is 12.3. The fourth-order valence-corrected chi connectivity index (χ4v) is 1.79. The van der Waals surface area contributed by atoms with Gasteiger partial charge in [-0.25, -0.2) is 14.6 Å². The third-order valence-corrected chi connectivity index (χ3v) is 2.68. The van der Waals surface area contributed by atoms with Crippen LogP contribution >= 0.6 is 0 Å². The Balaban J connectivity index is 2.08. The van der Waals surface area contributed by atoms with Crippen LogP contribution in [0, 0.1) is 0 Å². The SMILES string of the molecule is CC(C)n1ncnc1CCc1cccnc1N. The summed E-state index contributed by atoms with van der Waals surface area (Å²) >= 11 is 0. The van der Waals surface area contributed by atoms with Crippen molar-refractivity contribution < 1.29 is 0 Å². The Kier molecular flexibility index (Phi) is 3.37. The molecule has 90 valence electrons. The van der Waals surface area contributed by atoms with Crippen LogP contribution in [0.25, 0.3) is 0 Å². The number of hydrogen-bond acceptors (Lipinski definition) is 4. The van der Waals surface area contributed by atoms with Crippen LogP contribution in [0.1, 0.15) is 31.3 Å². The number of aromatic nitrogens is 4. The van der Waals surface area contributed by atoms with Gasteiger partial charge in [0.15, 0.2) is 0 Å². The highest BCUT2D eigenvalue weighted by molar-refractivity contribution is 5.38. The molecular formula is C12H17N5. The van der Waals surface area contributed by atoms with Crippen LogP contribution in [0.4, 0.5) is 5.82 Å². The monoisotopic (exact) mass is 231 g/mol. The second kappa shape index (κ2) is 4.95. The lowest BCUT2D eigenvalue weighted by Gasteiger charge is -2.09. The molecule has 17 heavy (non-hydrogen) atoms. The van der Waals surface area contributed by atoms with E-state index in [1.165, 1.54) is 0 Å². The highest BCUT2D eigenvalue weighted by atomic mass is 15.3. The summed E-state index contributed by atoms with van der Waals surface area (Å²) in [5.41, 5.74) is 6.86. The minimum absolute atomic E-state index is 0.332. The summed E-state index contributed by atoms with van der Waals surface area (Å²) in [6.07, 6.45) is 4.97. The first-order valence-corrected chi connectivity index (χ1v) is 5.76. The normalized spacial score (nSPS) is 11.0. The van der Waals surface area contributed by atoms with Crippen molar-refractivity contribution in [1.29, 1.82) is 0 Å². The van der Waals surface area contributed by atoms with E-state index in [-0.39, 0.29) is 0 Å². The van der Waals surface area contributed by atoms with Gasteiger partial charge in [0.05, 0.1) is 0 Å². The molecular weight excluding hydrogens is 214 g/mol. The highest BCUT2D eigenvalue weighted by Crippen LogP contribution is 2.12. The van der Waals surface area contributed by atoms with Crippen molar-refractivity contribution in [3.63, 3.8) is 0 Å². The highest BCUT2D eigenvalue weighted by Gasteiger charge is 2.08. The number of nitrogens with zero attached hydrogens (tertiary/aromatic N) is 4. The molecule has 2 rings (SSSR count). The fraction of sp³-hybridized carbons (Fsp3) is 0.417. The molecule has 0 radical (unpaired) electrons. The molecule has 0 fully saturated rings. The molecule has 0 saturated heterocycles. The van der Waals surface area contributed by atoms with Crippen LogP contribution in [0.15, 0.2) is 24.7 Å². The Morgan fingerprint density at radius 2 is 2.12 bits per heavy atom. The lowest BCUT2D eigenvalue weighted by molar-refractivity contribution is 0.504. The van der Waals surface area contributed by atoms with Gasteiger partial charge in [-0.2, -0.15) is 5.10 Å². The molecule has 0 aromatic carbocycles. The van der Waals surface area contributed by atoms with E-state index in [2.05, 4.69) is 28.9 Å². The van der Waals surface area contributed by atoms with Crippen molar-refractivity contribution in [3.8, 4) is 0 Å². The zero-order valence-electron chi connectivity index (χ0n) is 10.2. The predicted molar refractivity (Wildman–Crippen MR) is 66.5 cm³/mol. The molecule has 0 amide bonds. The average molecular weight is 231 g/mol. The second-order valence-electron chi connectivity index (χ2n) is 4.26. The standard InChI is InChI=1S/C12H17N5/c1-9(2)17-11(15-8-16-17)6-5-10-4-3-7-14-12(10)13/h3-4,7-9H,5-6H2,1-2H3,(H2,13,14). The maximum atomic E-state index is 5.80. The van der Waals surface area contributed by atoms with Gasteiger partial charge in [-0.05, 0) is 31.9 Å². The lowest BCUT2D eigenvalue weighted by Crippen LogP contribution is -2.09. The number of rotatable bonds is 4. The third-order valence-electron chi connectivity index (χ3n) is 2.68. The summed E-state index contributed by atoms with van der Waals surface area (Å²) in [4.78, 5) is 8.34. The molecule has 2 heterocycles. The van der Waals surface area contributed by atoms with Gasteiger partial charge in [-0.3, -0.25) is 0 Å². The van der Waals surface area contributed by atoms with Gasteiger partial charge in [-0.1, -0.05) is 6.07 Å². The minimum atomic E-state index is 0.332. The molecule has 0 atom stereocenters. The summed E-state index contributed by atoms with van der Waals surface area (Å²) in [5.74, 6) is 1.59. The third kappa shape index (κ3) is 2.61. The van der Waals surface area contributed by atoms with Crippen LogP contribution in [-0.2, 0) is 12.8 Å². The summed E-state index contributed by atoms with van der Waals surface area (Å²) in [6, 6.07) is 4.23. The van der Waals surface area contributed by atoms with Crippen molar-refractivity contribution in [1.82, 2.24) is 19.7 Å². The van der Waals surface area contributed by atoms with E-state index in [0.29, 0.717) is 11.9 Å². The summed E-state index contributed by atoms with van der Waals surface area (Å²) < 4.78 is 1.94. The van der Waals surface area contributed by atoms with Gasteiger partial charge in [0, 0.05) is 18.7 Å². The predicted octanol–water partition coefficient (Wildman–Crippen LogP) is 1.62. The number of nitrogens with two attached hydrogens (primary N) is 1. The van der Waals surface area contributed by atoms with E-state index >= 15 is 0 Å². The number of nitrogen functional groups attached to an aromatic ring is 1. The number of pyridine rings is 1. The Morgan fingerprint density at radius 3 is 2.82 bits per heavy atom. The van der Waals surface area contributed by atoms with Gasteiger partial charge in [0.1, 0.15) is 18.0 Å². The molecule has 0 spiro atoms. The van der Waals surface area contributed by atoms with Crippen LogP contribution in [0.2, 0.25) is 0 Å². The molecule has 5 nitrogen and oxygen atoms in total. The van der Waals surface area contributed by atoms with Crippen LogP contribution in [0.3, 0.4) is 0 Å². The molecule has 0 saturated carbocycles. The topological polar surface area (TPSA) is 69.6 Å². The first-order valence-electron chi connectivity index (χ1n) is 5.76. The summed E-state index contributed by atoms with van der Waals surface area (Å²) in [6.45, 7) is 4.19. The Morgan fingerprint density at radius 1 is 1.29 bits per heavy atom. The van der Waals surface area contributed by atoms with Gasteiger partial charge in [0.2, 0.25) is 0 Å². The molecule has 2 aromatic heterocycles. The van der Waals surface area contributed by atoms with E-state index in [4.69, 9.17) is 5.73 Å². The maximum Gasteiger partial charge on any atom is 0.138 e. The largest absolute Gasteiger partial charge is 0.383 e. The van der Waals surface area contributed by atoms with Crippen molar-refractivity contribution in [2.24, 2.45) is 0 Å². The Labute approximate surface area is 101 Å². The number of anilines is 1.